The zero-order valence-corrected chi connectivity index (χ0v) is 9.85. The van der Waals surface area contributed by atoms with E-state index in [4.69, 9.17) is 0 Å². The van der Waals surface area contributed by atoms with Gasteiger partial charge in [-0.05, 0) is 30.7 Å². The molecule has 1 saturated heterocycles. The lowest BCUT2D eigenvalue weighted by Gasteiger charge is -2.21. The number of rotatable bonds is 2. The molecule has 1 aliphatic heterocycles. The van der Waals surface area contributed by atoms with Gasteiger partial charge in [-0.1, -0.05) is 22.0 Å². The third-order valence-corrected chi connectivity index (χ3v) is 3.25. The maximum absolute atomic E-state index is 13.5. The summed E-state index contributed by atoms with van der Waals surface area (Å²) in [6.07, 6.45) is 1.06. The van der Waals surface area contributed by atoms with Crippen LogP contribution in [0.25, 0.3) is 0 Å². The first-order valence-electron chi connectivity index (χ1n) is 4.96. The van der Waals surface area contributed by atoms with Crippen LogP contribution in [-0.4, -0.2) is 23.8 Å². The van der Waals surface area contributed by atoms with E-state index in [1.807, 2.05) is 0 Å². The number of aliphatic hydroxyl groups is 1. The van der Waals surface area contributed by atoms with Crippen LogP contribution >= 0.6 is 15.9 Å². The molecule has 0 amide bonds. The average Bonchev–Trinajstić information content (AvgIpc) is 2.58. The molecule has 4 heteroatoms. The third kappa shape index (κ3) is 2.56. The molecule has 1 fully saturated rings. The number of hydrogen-bond acceptors (Lipinski definition) is 2. The van der Waals surface area contributed by atoms with Crippen molar-refractivity contribution >= 4 is 15.9 Å². The van der Waals surface area contributed by atoms with Crippen LogP contribution in [0.4, 0.5) is 4.39 Å². The first-order valence-corrected chi connectivity index (χ1v) is 5.75. The van der Waals surface area contributed by atoms with Gasteiger partial charge in [0.15, 0.2) is 0 Å². The van der Waals surface area contributed by atoms with Gasteiger partial charge >= 0.3 is 0 Å². The number of halogens is 2. The van der Waals surface area contributed by atoms with Crippen LogP contribution in [0.1, 0.15) is 12.0 Å². The van der Waals surface area contributed by atoms with Crippen LogP contribution in [0, 0.1) is 5.82 Å². The van der Waals surface area contributed by atoms with Gasteiger partial charge in [0.25, 0.3) is 0 Å². The predicted octanol–water partition coefficient (Wildman–Crippen LogP) is 1.86. The molecule has 0 aromatic heterocycles. The molecule has 0 bridgehead atoms. The minimum Gasteiger partial charge on any atom is -0.388 e. The van der Waals surface area contributed by atoms with Crippen LogP contribution in [0.2, 0.25) is 0 Å². The highest BCUT2D eigenvalue weighted by Gasteiger charge is 2.31. The Morgan fingerprint density at radius 1 is 1.53 bits per heavy atom. The van der Waals surface area contributed by atoms with E-state index in [0.29, 0.717) is 24.9 Å². The summed E-state index contributed by atoms with van der Waals surface area (Å²) in [5.41, 5.74) is -0.210. The van der Waals surface area contributed by atoms with E-state index in [1.54, 1.807) is 12.1 Å². The molecule has 2 N–H and O–H groups in total. The minimum atomic E-state index is -0.783. The van der Waals surface area contributed by atoms with Gasteiger partial charge in [-0.2, -0.15) is 0 Å². The summed E-state index contributed by atoms with van der Waals surface area (Å²) in [7, 11) is 0. The maximum Gasteiger partial charge on any atom is 0.127 e. The minimum absolute atomic E-state index is 0.260. The average molecular weight is 274 g/mol. The van der Waals surface area contributed by atoms with Crippen molar-refractivity contribution < 1.29 is 9.50 Å². The Hall–Kier alpha value is -0.450. The first-order chi connectivity index (χ1) is 7.09. The topological polar surface area (TPSA) is 32.3 Å². The molecule has 1 aromatic rings. The lowest BCUT2D eigenvalue weighted by molar-refractivity contribution is 0.0610. The summed E-state index contributed by atoms with van der Waals surface area (Å²) in [6.45, 7) is 1.34. The summed E-state index contributed by atoms with van der Waals surface area (Å²) < 4.78 is 14.2. The molecule has 0 spiro atoms. The van der Waals surface area contributed by atoms with Crippen LogP contribution < -0.4 is 5.32 Å². The first kappa shape index (κ1) is 11.0. The highest BCUT2D eigenvalue weighted by Crippen LogP contribution is 2.23. The van der Waals surface area contributed by atoms with Crippen LogP contribution in [0.15, 0.2) is 22.7 Å². The van der Waals surface area contributed by atoms with E-state index in [0.717, 1.165) is 11.0 Å². The van der Waals surface area contributed by atoms with E-state index in [9.17, 15) is 9.50 Å². The van der Waals surface area contributed by atoms with Crippen molar-refractivity contribution in [1.29, 1.82) is 0 Å². The molecular weight excluding hydrogens is 261 g/mol. The summed E-state index contributed by atoms with van der Waals surface area (Å²) >= 11 is 3.21. The molecule has 1 atom stereocenters. The molecular formula is C11H13BrFNO. The Kier molecular flexibility index (Phi) is 3.09. The Labute approximate surface area is 96.6 Å². The number of benzene rings is 1. The van der Waals surface area contributed by atoms with E-state index < -0.39 is 5.60 Å². The smallest absolute Gasteiger partial charge is 0.127 e. The van der Waals surface area contributed by atoms with Gasteiger partial charge in [-0.15, -0.1) is 0 Å². The Balaban J connectivity index is 2.16. The van der Waals surface area contributed by atoms with Crippen molar-refractivity contribution in [3.8, 4) is 0 Å². The molecule has 2 rings (SSSR count). The summed E-state index contributed by atoms with van der Waals surface area (Å²) in [6, 6.07) is 4.95. The molecule has 0 radical (unpaired) electrons. The fourth-order valence-corrected chi connectivity index (χ4v) is 2.23. The lowest BCUT2D eigenvalue weighted by atomic mass is 9.93. The third-order valence-electron chi connectivity index (χ3n) is 2.76. The summed E-state index contributed by atoms with van der Waals surface area (Å²) in [5, 5.41) is 13.2. The monoisotopic (exact) mass is 273 g/mol. The largest absolute Gasteiger partial charge is 0.388 e. The Morgan fingerprint density at radius 3 is 2.93 bits per heavy atom. The van der Waals surface area contributed by atoms with E-state index in [-0.39, 0.29) is 5.82 Å². The zero-order valence-electron chi connectivity index (χ0n) is 8.26. The van der Waals surface area contributed by atoms with E-state index in [2.05, 4.69) is 21.2 Å². The van der Waals surface area contributed by atoms with Crippen molar-refractivity contribution in [2.45, 2.75) is 18.4 Å². The molecule has 82 valence electrons. The Bertz CT molecular complexity index is 364. The molecule has 1 unspecified atom stereocenters. The standard InChI is InChI=1S/C11H13BrFNO/c12-9-2-1-8(10(13)5-9)6-11(15)3-4-14-7-11/h1-2,5,14-15H,3-4,6-7H2. The Morgan fingerprint density at radius 2 is 2.33 bits per heavy atom. The number of β-amino-alcohol motifs (C(OH)–C–C–N with tert-alkyl or cyclic N) is 1. The molecule has 15 heavy (non-hydrogen) atoms. The second kappa shape index (κ2) is 4.20. The highest BCUT2D eigenvalue weighted by atomic mass is 79.9. The molecule has 1 aromatic carbocycles. The summed E-state index contributed by atoms with van der Waals surface area (Å²) in [4.78, 5) is 0. The fraction of sp³-hybridized carbons (Fsp3) is 0.455. The van der Waals surface area contributed by atoms with E-state index >= 15 is 0 Å². The van der Waals surface area contributed by atoms with E-state index in [1.165, 1.54) is 6.07 Å². The van der Waals surface area contributed by atoms with Crippen molar-refractivity contribution in [3.63, 3.8) is 0 Å². The van der Waals surface area contributed by atoms with Crippen molar-refractivity contribution in [2.24, 2.45) is 0 Å². The van der Waals surface area contributed by atoms with Crippen molar-refractivity contribution in [3.05, 3.63) is 34.1 Å². The molecule has 0 saturated carbocycles. The molecule has 1 heterocycles. The highest BCUT2D eigenvalue weighted by molar-refractivity contribution is 9.10. The maximum atomic E-state index is 13.5. The number of nitrogens with one attached hydrogen (secondary N) is 1. The molecule has 2 nitrogen and oxygen atoms in total. The second-order valence-corrected chi connectivity index (χ2v) is 4.98. The predicted molar refractivity (Wildman–Crippen MR) is 60.2 cm³/mol. The van der Waals surface area contributed by atoms with Gasteiger partial charge in [0.1, 0.15) is 5.82 Å². The fourth-order valence-electron chi connectivity index (χ4n) is 1.90. The van der Waals surface area contributed by atoms with Gasteiger partial charge in [-0.25, -0.2) is 4.39 Å². The van der Waals surface area contributed by atoms with Gasteiger partial charge < -0.3 is 10.4 Å². The zero-order chi connectivity index (χ0) is 10.9. The van der Waals surface area contributed by atoms with Gasteiger partial charge in [0.2, 0.25) is 0 Å². The number of hydrogen-bond donors (Lipinski definition) is 2. The van der Waals surface area contributed by atoms with Gasteiger partial charge in [0, 0.05) is 17.4 Å². The summed E-state index contributed by atoms with van der Waals surface area (Å²) in [5.74, 6) is -0.260. The lowest BCUT2D eigenvalue weighted by Crippen LogP contribution is -2.34. The van der Waals surface area contributed by atoms with Crippen molar-refractivity contribution in [1.82, 2.24) is 5.32 Å². The molecule has 0 aliphatic carbocycles. The van der Waals surface area contributed by atoms with Crippen molar-refractivity contribution in [2.75, 3.05) is 13.1 Å². The van der Waals surface area contributed by atoms with Crippen LogP contribution in [-0.2, 0) is 6.42 Å². The van der Waals surface area contributed by atoms with Gasteiger partial charge in [-0.3, -0.25) is 0 Å². The quantitative estimate of drug-likeness (QED) is 0.862. The second-order valence-electron chi connectivity index (χ2n) is 4.06. The molecule has 1 aliphatic rings. The van der Waals surface area contributed by atoms with Crippen LogP contribution in [0.3, 0.4) is 0 Å². The van der Waals surface area contributed by atoms with Crippen LogP contribution in [0.5, 0.6) is 0 Å². The van der Waals surface area contributed by atoms with Gasteiger partial charge in [0.05, 0.1) is 5.60 Å². The SMILES string of the molecule is OC1(Cc2ccc(Br)cc2F)CCNC1. The normalized spacial score (nSPS) is 25.8.